The lowest BCUT2D eigenvalue weighted by molar-refractivity contribution is 0.104. The maximum Gasteiger partial charge on any atom is 0.200 e. The highest BCUT2D eigenvalue weighted by atomic mass is 35.5. The molecular formula is C15H9ClOS. The first-order chi connectivity index (χ1) is 8.74. The molecule has 18 heavy (non-hydrogen) atoms. The van der Waals surface area contributed by atoms with Gasteiger partial charge in [0.15, 0.2) is 0 Å². The molecule has 3 heteroatoms. The van der Waals surface area contributed by atoms with E-state index in [9.17, 15) is 4.79 Å². The van der Waals surface area contributed by atoms with Crippen LogP contribution in [0.1, 0.15) is 15.9 Å². The smallest absolute Gasteiger partial charge is 0.200 e. The number of hydrogen-bond acceptors (Lipinski definition) is 2. The summed E-state index contributed by atoms with van der Waals surface area (Å²) in [6.07, 6.45) is 1.91. The van der Waals surface area contributed by atoms with E-state index in [4.69, 9.17) is 11.6 Å². The molecule has 3 rings (SSSR count). The first kappa shape index (κ1) is 11.6. The monoisotopic (exact) mass is 272 g/mol. The van der Waals surface area contributed by atoms with Crippen LogP contribution in [0.15, 0.2) is 58.3 Å². The van der Waals surface area contributed by atoms with E-state index in [1.807, 2.05) is 54.6 Å². The summed E-state index contributed by atoms with van der Waals surface area (Å²) in [6, 6.07) is 15.1. The van der Waals surface area contributed by atoms with Gasteiger partial charge in [0.05, 0.1) is 4.91 Å². The minimum atomic E-state index is 0.102. The Kier molecular flexibility index (Phi) is 2.98. The van der Waals surface area contributed by atoms with E-state index >= 15 is 0 Å². The molecular weight excluding hydrogens is 264 g/mol. The maximum atomic E-state index is 12.2. The molecule has 0 N–H and O–H groups in total. The molecule has 1 heterocycles. The van der Waals surface area contributed by atoms with Crippen molar-refractivity contribution in [3.63, 3.8) is 0 Å². The summed E-state index contributed by atoms with van der Waals surface area (Å²) in [4.78, 5) is 13.9. The van der Waals surface area contributed by atoms with Crippen molar-refractivity contribution in [1.29, 1.82) is 0 Å². The normalized spacial score (nSPS) is 16.1. The fourth-order valence-corrected chi connectivity index (χ4v) is 3.02. The van der Waals surface area contributed by atoms with E-state index in [1.165, 1.54) is 11.8 Å². The van der Waals surface area contributed by atoms with E-state index in [2.05, 4.69) is 0 Å². The van der Waals surface area contributed by atoms with Crippen LogP contribution in [0.4, 0.5) is 0 Å². The number of benzene rings is 2. The van der Waals surface area contributed by atoms with Crippen LogP contribution < -0.4 is 0 Å². The number of fused-ring (bicyclic) bond motifs is 1. The molecule has 1 aliphatic rings. The van der Waals surface area contributed by atoms with Crippen LogP contribution in [0.3, 0.4) is 0 Å². The van der Waals surface area contributed by atoms with Crippen LogP contribution in [0.2, 0.25) is 5.02 Å². The Morgan fingerprint density at radius 1 is 1.00 bits per heavy atom. The highest BCUT2D eigenvalue weighted by Crippen LogP contribution is 2.40. The van der Waals surface area contributed by atoms with Gasteiger partial charge in [-0.15, -0.1) is 0 Å². The van der Waals surface area contributed by atoms with Crippen molar-refractivity contribution >= 4 is 35.2 Å². The third-order valence-electron chi connectivity index (χ3n) is 2.74. The van der Waals surface area contributed by atoms with Crippen LogP contribution in [-0.2, 0) is 0 Å². The molecule has 0 spiro atoms. The predicted octanol–water partition coefficient (Wildman–Crippen LogP) is 4.67. The van der Waals surface area contributed by atoms with E-state index in [1.54, 1.807) is 0 Å². The van der Waals surface area contributed by atoms with Crippen molar-refractivity contribution in [2.24, 2.45) is 0 Å². The third-order valence-corrected chi connectivity index (χ3v) is 4.09. The molecule has 2 aromatic rings. The number of ketones is 1. The number of rotatable bonds is 1. The highest BCUT2D eigenvalue weighted by Gasteiger charge is 2.24. The zero-order chi connectivity index (χ0) is 12.5. The van der Waals surface area contributed by atoms with Crippen LogP contribution in [0.5, 0.6) is 0 Å². The molecule has 0 unspecified atom stereocenters. The summed E-state index contributed by atoms with van der Waals surface area (Å²) in [5.74, 6) is 0.102. The molecule has 0 aliphatic carbocycles. The molecule has 0 saturated heterocycles. The summed E-state index contributed by atoms with van der Waals surface area (Å²) in [7, 11) is 0. The first-order valence-electron chi connectivity index (χ1n) is 5.53. The molecule has 0 atom stereocenters. The molecule has 1 aliphatic heterocycles. The molecule has 0 aromatic heterocycles. The fraction of sp³-hybridized carbons (Fsp3) is 0. The Labute approximate surface area is 114 Å². The summed E-state index contributed by atoms with van der Waals surface area (Å²) in [5, 5.41) is 0.700. The fourth-order valence-electron chi connectivity index (χ4n) is 1.85. The van der Waals surface area contributed by atoms with Crippen molar-refractivity contribution in [1.82, 2.24) is 0 Å². The number of thioether (sulfide) groups is 1. The van der Waals surface area contributed by atoms with Crippen molar-refractivity contribution in [2.75, 3.05) is 0 Å². The maximum absolute atomic E-state index is 12.2. The Bertz CT molecular complexity index is 644. The van der Waals surface area contributed by atoms with Gasteiger partial charge in [-0.1, -0.05) is 47.6 Å². The molecule has 0 radical (unpaired) electrons. The number of halogens is 1. The molecule has 2 aromatic carbocycles. The lowest BCUT2D eigenvalue weighted by Gasteiger charge is -1.96. The van der Waals surface area contributed by atoms with Gasteiger partial charge in [0.25, 0.3) is 0 Å². The molecule has 0 amide bonds. The van der Waals surface area contributed by atoms with Gasteiger partial charge in [0.1, 0.15) is 0 Å². The van der Waals surface area contributed by atoms with Gasteiger partial charge in [-0.25, -0.2) is 0 Å². The van der Waals surface area contributed by atoms with Crippen LogP contribution >= 0.6 is 23.4 Å². The van der Waals surface area contributed by atoms with Crippen LogP contribution in [0, 0.1) is 0 Å². The average Bonchev–Trinajstić information content (AvgIpc) is 2.70. The Morgan fingerprint density at radius 3 is 2.44 bits per heavy atom. The second kappa shape index (κ2) is 4.63. The minimum absolute atomic E-state index is 0.102. The lowest BCUT2D eigenvalue weighted by atomic mass is 10.1. The van der Waals surface area contributed by atoms with Crippen LogP contribution in [0.25, 0.3) is 6.08 Å². The Morgan fingerprint density at radius 2 is 1.72 bits per heavy atom. The molecule has 0 bridgehead atoms. The zero-order valence-electron chi connectivity index (χ0n) is 9.39. The minimum Gasteiger partial charge on any atom is -0.288 e. The number of allylic oxidation sites excluding steroid dienone is 1. The third kappa shape index (κ3) is 2.09. The quantitative estimate of drug-likeness (QED) is 0.702. The summed E-state index contributed by atoms with van der Waals surface area (Å²) in [5.41, 5.74) is 1.78. The first-order valence-corrected chi connectivity index (χ1v) is 6.72. The van der Waals surface area contributed by atoms with Gasteiger partial charge in [0.2, 0.25) is 5.78 Å². The molecule has 88 valence electrons. The molecule has 0 fully saturated rings. The van der Waals surface area contributed by atoms with Crippen molar-refractivity contribution in [3.8, 4) is 0 Å². The summed E-state index contributed by atoms with van der Waals surface area (Å²) >= 11 is 7.36. The van der Waals surface area contributed by atoms with Gasteiger partial charge >= 0.3 is 0 Å². The van der Waals surface area contributed by atoms with Crippen LogP contribution in [-0.4, -0.2) is 5.78 Å². The second-order valence-corrected chi connectivity index (χ2v) is 5.51. The van der Waals surface area contributed by atoms with Gasteiger partial charge in [0, 0.05) is 15.5 Å². The SMILES string of the molecule is O=C1/C(=C\c2ccc(Cl)cc2)Sc2ccccc21. The zero-order valence-corrected chi connectivity index (χ0v) is 11.0. The highest BCUT2D eigenvalue weighted by molar-refractivity contribution is 8.04. The van der Waals surface area contributed by atoms with Gasteiger partial charge in [-0.05, 0) is 35.9 Å². The summed E-state index contributed by atoms with van der Waals surface area (Å²) in [6.45, 7) is 0. The largest absolute Gasteiger partial charge is 0.288 e. The summed E-state index contributed by atoms with van der Waals surface area (Å²) < 4.78 is 0. The second-order valence-electron chi connectivity index (χ2n) is 3.99. The van der Waals surface area contributed by atoms with Gasteiger partial charge in [-0.3, -0.25) is 4.79 Å². The van der Waals surface area contributed by atoms with Crippen molar-refractivity contribution in [2.45, 2.75) is 4.90 Å². The molecule has 0 saturated carbocycles. The van der Waals surface area contributed by atoms with Gasteiger partial charge in [-0.2, -0.15) is 0 Å². The topological polar surface area (TPSA) is 17.1 Å². The standard InChI is InChI=1S/C15H9ClOS/c16-11-7-5-10(6-8-11)9-14-15(17)12-3-1-2-4-13(12)18-14/h1-9H/b14-9+. The number of carbonyl (C=O) groups excluding carboxylic acids is 1. The molecule has 1 nitrogen and oxygen atoms in total. The van der Waals surface area contributed by atoms with E-state index < -0.39 is 0 Å². The Balaban J connectivity index is 1.97. The van der Waals surface area contributed by atoms with Crippen molar-refractivity contribution in [3.05, 3.63) is 69.6 Å². The van der Waals surface area contributed by atoms with E-state index in [0.29, 0.717) is 5.02 Å². The number of carbonyl (C=O) groups is 1. The van der Waals surface area contributed by atoms with Gasteiger partial charge < -0.3 is 0 Å². The number of Topliss-reactive ketones (excluding diaryl/α,β-unsaturated/α-hetero) is 1. The lowest BCUT2D eigenvalue weighted by Crippen LogP contribution is -1.93. The number of hydrogen-bond donors (Lipinski definition) is 0. The van der Waals surface area contributed by atoms with E-state index in [0.717, 1.165) is 20.9 Å². The van der Waals surface area contributed by atoms with Crippen molar-refractivity contribution < 1.29 is 4.79 Å². The predicted molar refractivity (Wildman–Crippen MR) is 76.1 cm³/mol. The average molecular weight is 273 g/mol. The van der Waals surface area contributed by atoms with E-state index in [-0.39, 0.29) is 5.78 Å². The Hall–Kier alpha value is -1.51.